The van der Waals surface area contributed by atoms with Gasteiger partial charge in [0, 0.05) is 0 Å². The largest absolute Gasteiger partial charge is 0.480 e. The summed E-state index contributed by atoms with van der Waals surface area (Å²) >= 11 is 0. The van der Waals surface area contributed by atoms with Gasteiger partial charge in [0.2, 0.25) is 0 Å². The Morgan fingerprint density at radius 2 is 2.31 bits per heavy atom. The van der Waals surface area contributed by atoms with E-state index in [9.17, 15) is 4.79 Å². The monoisotopic (exact) mass is 185 g/mol. The summed E-state index contributed by atoms with van der Waals surface area (Å²) in [5.41, 5.74) is 0. The van der Waals surface area contributed by atoms with E-state index >= 15 is 0 Å². The molecule has 76 valence electrons. The smallest absolute Gasteiger partial charge is 0.320 e. The van der Waals surface area contributed by atoms with E-state index in [-0.39, 0.29) is 0 Å². The summed E-state index contributed by atoms with van der Waals surface area (Å²) < 4.78 is 0. The highest BCUT2D eigenvalue weighted by atomic mass is 16.4. The number of carboxylic acid groups (broad SMARTS) is 1. The van der Waals surface area contributed by atoms with Gasteiger partial charge in [0.05, 0.1) is 0 Å². The molecule has 1 aliphatic carbocycles. The lowest BCUT2D eigenvalue weighted by Crippen LogP contribution is -2.37. The predicted molar refractivity (Wildman–Crippen MR) is 51.6 cm³/mol. The Labute approximate surface area is 79.5 Å². The van der Waals surface area contributed by atoms with Gasteiger partial charge in [-0.15, -0.1) is 0 Å². The molecule has 0 bridgehead atoms. The molecule has 1 aliphatic rings. The number of hydrogen-bond donors (Lipinski definition) is 2. The van der Waals surface area contributed by atoms with Crippen molar-refractivity contribution in [3.8, 4) is 0 Å². The van der Waals surface area contributed by atoms with Crippen molar-refractivity contribution in [2.45, 2.75) is 39.2 Å². The molecule has 0 aromatic rings. The predicted octanol–water partition coefficient (Wildman–Crippen LogP) is 1.49. The van der Waals surface area contributed by atoms with Crippen molar-refractivity contribution in [3.63, 3.8) is 0 Å². The van der Waals surface area contributed by atoms with Crippen LogP contribution in [-0.4, -0.2) is 23.7 Å². The fraction of sp³-hybridized carbons (Fsp3) is 0.900. The van der Waals surface area contributed by atoms with E-state index in [4.69, 9.17) is 5.11 Å². The summed E-state index contributed by atoms with van der Waals surface area (Å²) in [4.78, 5) is 10.5. The Morgan fingerprint density at radius 3 is 2.77 bits per heavy atom. The minimum absolute atomic E-state index is 0.409. The van der Waals surface area contributed by atoms with Gasteiger partial charge in [-0.05, 0) is 31.7 Å². The highest BCUT2D eigenvalue weighted by Crippen LogP contribution is 2.30. The van der Waals surface area contributed by atoms with Gasteiger partial charge in [-0.3, -0.25) is 4.79 Å². The van der Waals surface area contributed by atoms with Crippen molar-refractivity contribution in [1.82, 2.24) is 5.32 Å². The molecule has 0 saturated heterocycles. The molecule has 0 radical (unpaired) electrons. The molecular formula is C10H19NO2. The quantitative estimate of drug-likeness (QED) is 0.697. The van der Waals surface area contributed by atoms with Gasteiger partial charge in [-0.1, -0.05) is 19.8 Å². The Bertz CT molecular complexity index is 182. The zero-order valence-corrected chi connectivity index (χ0v) is 8.42. The molecule has 1 rings (SSSR count). The van der Waals surface area contributed by atoms with Crippen LogP contribution in [0.1, 0.15) is 33.1 Å². The highest BCUT2D eigenvalue weighted by molar-refractivity contribution is 5.72. The molecule has 0 aromatic carbocycles. The zero-order valence-electron chi connectivity index (χ0n) is 8.42. The number of aliphatic carboxylic acids is 1. The second-order valence-electron chi connectivity index (χ2n) is 4.14. The average Bonchev–Trinajstić information content (AvgIpc) is 2.47. The average molecular weight is 185 g/mol. The second kappa shape index (κ2) is 4.61. The SMILES string of the molecule is CC(NCC1CCCC1C)C(=O)O. The highest BCUT2D eigenvalue weighted by Gasteiger charge is 2.23. The van der Waals surface area contributed by atoms with Gasteiger partial charge < -0.3 is 10.4 Å². The second-order valence-corrected chi connectivity index (χ2v) is 4.14. The van der Waals surface area contributed by atoms with Crippen LogP contribution in [0.4, 0.5) is 0 Å². The maximum Gasteiger partial charge on any atom is 0.320 e. The molecule has 0 spiro atoms. The first-order valence-electron chi connectivity index (χ1n) is 5.07. The summed E-state index contributed by atoms with van der Waals surface area (Å²) in [7, 11) is 0. The van der Waals surface area contributed by atoms with E-state index in [2.05, 4.69) is 12.2 Å². The lowest BCUT2D eigenvalue weighted by Gasteiger charge is -2.17. The lowest BCUT2D eigenvalue weighted by atomic mass is 9.98. The topological polar surface area (TPSA) is 49.3 Å². The summed E-state index contributed by atoms with van der Waals surface area (Å²) in [6.45, 7) is 4.81. The summed E-state index contributed by atoms with van der Waals surface area (Å²) in [6, 6.07) is -0.409. The molecule has 1 fully saturated rings. The van der Waals surface area contributed by atoms with Crippen LogP contribution in [0.25, 0.3) is 0 Å². The standard InChI is InChI=1S/C10H19NO2/c1-7-4-3-5-9(7)6-11-8(2)10(12)13/h7-9,11H,3-6H2,1-2H3,(H,12,13). The van der Waals surface area contributed by atoms with Crippen LogP contribution in [0.2, 0.25) is 0 Å². The molecule has 0 heterocycles. The fourth-order valence-corrected chi connectivity index (χ4v) is 1.94. The minimum Gasteiger partial charge on any atom is -0.480 e. The van der Waals surface area contributed by atoms with Crippen LogP contribution in [0.3, 0.4) is 0 Å². The molecule has 3 nitrogen and oxygen atoms in total. The van der Waals surface area contributed by atoms with E-state index in [0.29, 0.717) is 5.92 Å². The van der Waals surface area contributed by atoms with Crippen molar-refractivity contribution in [2.75, 3.05) is 6.54 Å². The minimum atomic E-state index is -0.759. The molecule has 1 saturated carbocycles. The first kappa shape index (κ1) is 10.5. The van der Waals surface area contributed by atoms with Crippen molar-refractivity contribution in [2.24, 2.45) is 11.8 Å². The zero-order chi connectivity index (χ0) is 9.84. The van der Waals surface area contributed by atoms with E-state index in [1.807, 2.05) is 0 Å². The van der Waals surface area contributed by atoms with Gasteiger partial charge in [0.15, 0.2) is 0 Å². The molecule has 0 amide bonds. The number of hydrogen-bond acceptors (Lipinski definition) is 2. The van der Waals surface area contributed by atoms with Crippen molar-refractivity contribution >= 4 is 5.97 Å². The molecule has 2 N–H and O–H groups in total. The third kappa shape index (κ3) is 2.99. The molecule has 13 heavy (non-hydrogen) atoms. The van der Waals surface area contributed by atoms with Crippen LogP contribution in [0.5, 0.6) is 0 Å². The van der Waals surface area contributed by atoms with E-state index in [1.165, 1.54) is 19.3 Å². The van der Waals surface area contributed by atoms with Crippen LogP contribution in [-0.2, 0) is 4.79 Å². The first-order valence-corrected chi connectivity index (χ1v) is 5.07. The fourth-order valence-electron chi connectivity index (χ4n) is 1.94. The molecule has 0 aliphatic heterocycles. The molecule has 3 unspecified atom stereocenters. The summed E-state index contributed by atoms with van der Waals surface area (Å²) in [6.07, 6.45) is 3.85. The van der Waals surface area contributed by atoms with Gasteiger partial charge in [0.1, 0.15) is 6.04 Å². The van der Waals surface area contributed by atoms with E-state index in [1.54, 1.807) is 6.92 Å². The van der Waals surface area contributed by atoms with Crippen molar-refractivity contribution in [3.05, 3.63) is 0 Å². The third-order valence-electron chi connectivity index (χ3n) is 3.10. The van der Waals surface area contributed by atoms with Crippen LogP contribution in [0, 0.1) is 11.8 Å². The Morgan fingerprint density at radius 1 is 1.62 bits per heavy atom. The van der Waals surface area contributed by atoms with Gasteiger partial charge in [0.25, 0.3) is 0 Å². The summed E-state index contributed by atoms with van der Waals surface area (Å²) in [5.74, 6) is 0.681. The van der Waals surface area contributed by atoms with E-state index < -0.39 is 12.0 Å². The van der Waals surface area contributed by atoms with Crippen LogP contribution >= 0.6 is 0 Å². The maximum atomic E-state index is 10.5. The Kier molecular flexibility index (Phi) is 3.72. The number of carboxylic acids is 1. The maximum absolute atomic E-state index is 10.5. The lowest BCUT2D eigenvalue weighted by molar-refractivity contribution is -0.139. The van der Waals surface area contributed by atoms with Crippen LogP contribution in [0.15, 0.2) is 0 Å². The molecule has 0 aromatic heterocycles. The first-order chi connectivity index (χ1) is 6.11. The number of rotatable bonds is 4. The van der Waals surface area contributed by atoms with Crippen molar-refractivity contribution < 1.29 is 9.90 Å². The van der Waals surface area contributed by atoms with Gasteiger partial charge >= 0.3 is 5.97 Å². The molecule has 3 heteroatoms. The van der Waals surface area contributed by atoms with Crippen LogP contribution < -0.4 is 5.32 Å². The normalized spacial score (nSPS) is 30.3. The van der Waals surface area contributed by atoms with E-state index in [0.717, 1.165) is 12.5 Å². The van der Waals surface area contributed by atoms with Gasteiger partial charge in [-0.25, -0.2) is 0 Å². The Balaban J connectivity index is 2.22. The summed E-state index contributed by atoms with van der Waals surface area (Å²) in [5, 5.41) is 11.7. The number of carbonyl (C=O) groups is 1. The van der Waals surface area contributed by atoms with Gasteiger partial charge in [-0.2, -0.15) is 0 Å². The Hall–Kier alpha value is -0.570. The number of nitrogens with one attached hydrogen (secondary N) is 1. The van der Waals surface area contributed by atoms with Crippen molar-refractivity contribution in [1.29, 1.82) is 0 Å². The molecule has 3 atom stereocenters. The third-order valence-corrected chi connectivity index (χ3v) is 3.10. The molecular weight excluding hydrogens is 166 g/mol.